The summed E-state index contributed by atoms with van der Waals surface area (Å²) in [6, 6.07) is 9.11. The van der Waals surface area contributed by atoms with Crippen molar-refractivity contribution in [3.63, 3.8) is 0 Å². The van der Waals surface area contributed by atoms with Gasteiger partial charge in [-0.15, -0.1) is 0 Å². The predicted octanol–water partition coefficient (Wildman–Crippen LogP) is 1.38. The number of aromatic nitrogens is 1. The van der Waals surface area contributed by atoms with E-state index in [2.05, 4.69) is 5.16 Å². The maximum absolute atomic E-state index is 12.0. The van der Waals surface area contributed by atoms with Gasteiger partial charge in [-0.2, -0.15) is 0 Å². The fourth-order valence-corrected chi connectivity index (χ4v) is 1.85. The van der Waals surface area contributed by atoms with Crippen LogP contribution in [-0.4, -0.2) is 40.8 Å². The quantitative estimate of drug-likeness (QED) is 0.870. The number of ether oxygens (including phenoxy) is 1. The molecule has 0 radical (unpaired) electrons. The summed E-state index contributed by atoms with van der Waals surface area (Å²) in [4.78, 5) is 13.4. The van der Waals surface area contributed by atoms with Crippen LogP contribution >= 0.6 is 0 Å². The summed E-state index contributed by atoms with van der Waals surface area (Å²) in [7, 11) is 1.59. The number of amides is 1. The second-order valence-corrected chi connectivity index (χ2v) is 4.78. The monoisotopic (exact) mass is 290 g/mol. The van der Waals surface area contributed by atoms with Gasteiger partial charge in [-0.25, -0.2) is 0 Å². The number of carbonyl (C=O) groups excluding carboxylic acids is 1. The smallest absolute Gasteiger partial charge is 0.255 e. The highest BCUT2D eigenvalue weighted by molar-refractivity contribution is 5.80. The van der Waals surface area contributed by atoms with Crippen molar-refractivity contribution in [3.8, 4) is 5.75 Å². The molecule has 0 aliphatic heterocycles. The van der Waals surface area contributed by atoms with Gasteiger partial charge in [-0.1, -0.05) is 23.4 Å². The Labute approximate surface area is 122 Å². The molecule has 2 aromatic rings. The number of rotatable bonds is 6. The Kier molecular flexibility index (Phi) is 4.94. The fraction of sp³-hybridized carbons (Fsp3) is 0.333. The molecule has 0 bridgehead atoms. The maximum Gasteiger partial charge on any atom is 0.255 e. The normalized spacial score (nSPS) is 12.0. The number of aliphatic hydroxyl groups excluding tert-OH is 1. The molecular weight excluding hydrogens is 272 g/mol. The Hall–Kier alpha value is -2.34. The molecule has 6 nitrogen and oxygen atoms in total. The summed E-state index contributed by atoms with van der Waals surface area (Å²) in [5, 5.41) is 13.6. The molecule has 1 aromatic carbocycles. The molecule has 2 rings (SSSR count). The van der Waals surface area contributed by atoms with Gasteiger partial charge in [-0.05, 0) is 18.6 Å². The molecule has 0 fully saturated rings. The summed E-state index contributed by atoms with van der Waals surface area (Å²) < 4.78 is 10.2. The van der Waals surface area contributed by atoms with Crippen LogP contribution in [0.3, 0.4) is 0 Å². The van der Waals surface area contributed by atoms with Crippen LogP contribution in [0, 0.1) is 6.92 Å². The lowest BCUT2D eigenvalue weighted by Gasteiger charge is -2.20. The van der Waals surface area contributed by atoms with Crippen molar-refractivity contribution in [1.29, 1.82) is 0 Å². The van der Waals surface area contributed by atoms with Crippen molar-refractivity contribution in [2.45, 2.75) is 19.6 Å². The standard InChI is InChI=1S/C15H18N2O4/c1-11-5-3-4-6-14(11)20-10-13(18)15(19)17(2)9-12-7-8-21-16-12/h3-8,13,18H,9-10H2,1-2H3/t13-/m1/s1. The second-order valence-electron chi connectivity index (χ2n) is 4.78. The lowest BCUT2D eigenvalue weighted by atomic mass is 10.2. The minimum Gasteiger partial charge on any atom is -0.490 e. The Balaban J connectivity index is 1.86. The molecule has 1 heterocycles. The predicted molar refractivity (Wildman–Crippen MR) is 75.7 cm³/mol. The number of hydrogen-bond donors (Lipinski definition) is 1. The molecule has 1 atom stereocenters. The molecule has 1 aromatic heterocycles. The minimum absolute atomic E-state index is 0.0904. The topological polar surface area (TPSA) is 75.8 Å². The number of likely N-dealkylation sites (N-methyl/N-ethyl adjacent to an activating group) is 1. The molecule has 0 aliphatic rings. The van der Waals surface area contributed by atoms with Gasteiger partial charge in [0, 0.05) is 13.1 Å². The van der Waals surface area contributed by atoms with E-state index < -0.39 is 12.0 Å². The Bertz CT molecular complexity index is 583. The van der Waals surface area contributed by atoms with Gasteiger partial charge >= 0.3 is 0 Å². The first kappa shape index (κ1) is 15.1. The molecule has 112 valence electrons. The van der Waals surface area contributed by atoms with Gasteiger partial charge in [0.25, 0.3) is 5.91 Å². The number of aryl methyl sites for hydroxylation is 1. The molecule has 21 heavy (non-hydrogen) atoms. The van der Waals surface area contributed by atoms with Crippen LogP contribution in [0.4, 0.5) is 0 Å². The van der Waals surface area contributed by atoms with E-state index >= 15 is 0 Å². The van der Waals surface area contributed by atoms with E-state index in [1.807, 2.05) is 25.1 Å². The first-order valence-electron chi connectivity index (χ1n) is 6.58. The molecule has 1 N–H and O–H groups in total. The van der Waals surface area contributed by atoms with Crippen LogP contribution in [0.2, 0.25) is 0 Å². The summed E-state index contributed by atoms with van der Waals surface area (Å²) in [6.07, 6.45) is 0.215. The van der Waals surface area contributed by atoms with E-state index in [0.717, 1.165) is 5.56 Å². The number of nitrogens with zero attached hydrogens (tertiary/aromatic N) is 2. The second kappa shape index (κ2) is 6.90. The van der Waals surface area contributed by atoms with E-state index in [-0.39, 0.29) is 13.2 Å². The Morgan fingerprint density at radius 3 is 2.86 bits per heavy atom. The summed E-state index contributed by atoms with van der Waals surface area (Å²) in [6.45, 7) is 2.09. The van der Waals surface area contributed by atoms with Crippen LogP contribution in [0.1, 0.15) is 11.3 Å². The highest BCUT2D eigenvalue weighted by Gasteiger charge is 2.21. The zero-order chi connectivity index (χ0) is 15.2. The minimum atomic E-state index is -1.22. The van der Waals surface area contributed by atoms with Crippen molar-refractivity contribution in [1.82, 2.24) is 10.1 Å². The number of aliphatic hydroxyl groups is 1. The van der Waals surface area contributed by atoms with E-state index in [1.54, 1.807) is 19.2 Å². The number of benzene rings is 1. The lowest BCUT2D eigenvalue weighted by Crippen LogP contribution is -2.39. The number of hydrogen-bond acceptors (Lipinski definition) is 5. The molecule has 0 saturated carbocycles. The number of para-hydroxylation sites is 1. The maximum atomic E-state index is 12.0. The molecule has 0 aliphatic carbocycles. The third-order valence-corrected chi connectivity index (χ3v) is 3.04. The fourth-order valence-electron chi connectivity index (χ4n) is 1.85. The zero-order valence-corrected chi connectivity index (χ0v) is 12.0. The Morgan fingerprint density at radius 2 is 2.19 bits per heavy atom. The molecule has 0 saturated heterocycles. The SMILES string of the molecule is Cc1ccccc1OC[C@@H](O)C(=O)N(C)Cc1ccon1. The molecular formula is C15H18N2O4. The third-order valence-electron chi connectivity index (χ3n) is 3.04. The van der Waals surface area contributed by atoms with Crippen LogP contribution in [-0.2, 0) is 11.3 Å². The highest BCUT2D eigenvalue weighted by Crippen LogP contribution is 2.16. The van der Waals surface area contributed by atoms with Crippen molar-refractivity contribution in [2.24, 2.45) is 0 Å². The zero-order valence-electron chi connectivity index (χ0n) is 12.0. The number of carbonyl (C=O) groups is 1. The summed E-state index contributed by atoms with van der Waals surface area (Å²) in [5.74, 6) is 0.232. The Morgan fingerprint density at radius 1 is 1.43 bits per heavy atom. The van der Waals surface area contributed by atoms with Gasteiger partial charge in [0.05, 0.1) is 6.54 Å². The molecule has 0 unspecified atom stereocenters. The lowest BCUT2D eigenvalue weighted by molar-refractivity contribution is -0.140. The van der Waals surface area contributed by atoms with Crippen molar-refractivity contribution < 1.29 is 19.2 Å². The van der Waals surface area contributed by atoms with E-state index in [1.165, 1.54) is 11.2 Å². The van der Waals surface area contributed by atoms with Gasteiger partial charge in [0.1, 0.15) is 24.3 Å². The van der Waals surface area contributed by atoms with Crippen LogP contribution in [0.15, 0.2) is 41.1 Å². The van der Waals surface area contributed by atoms with Gasteiger partial charge in [0.2, 0.25) is 0 Å². The van der Waals surface area contributed by atoms with Gasteiger partial charge in [-0.3, -0.25) is 4.79 Å². The summed E-state index contributed by atoms with van der Waals surface area (Å²) >= 11 is 0. The molecule has 6 heteroatoms. The van der Waals surface area contributed by atoms with E-state index in [0.29, 0.717) is 11.4 Å². The molecule has 0 spiro atoms. The van der Waals surface area contributed by atoms with E-state index in [9.17, 15) is 9.90 Å². The first-order valence-corrected chi connectivity index (χ1v) is 6.58. The van der Waals surface area contributed by atoms with Gasteiger partial charge < -0.3 is 19.3 Å². The summed E-state index contributed by atoms with van der Waals surface area (Å²) in [5.41, 5.74) is 1.57. The van der Waals surface area contributed by atoms with Crippen molar-refractivity contribution in [3.05, 3.63) is 47.9 Å². The van der Waals surface area contributed by atoms with E-state index in [4.69, 9.17) is 9.26 Å². The largest absolute Gasteiger partial charge is 0.490 e. The van der Waals surface area contributed by atoms with Gasteiger partial charge in [0.15, 0.2) is 6.10 Å². The third kappa shape index (κ3) is 4.06. The highest BCUT2D eigenvalue weighted by atomic mass is 16.5. The average Bonchev–Trinajstić information content (AvgIpc) is 2.98. The average molecular weight is 290 g/mol. The van der Waals surface area contributed by atoms with Crippen LogP contribution in [0.5, 0.6) is 5.75 Å². The van der Waals surface area contributed by atoms with Crippen molar-refractivity contribution >= 4 is 5.91 Å². The first-order chi connectivity index (χ1) is 10.1. The molecule has 1 amide bonds. The van der Waals surface area contributed by atoms with Crippen LogP contribution < -0.4 is 4.74 Å². The van der Waals surface area contributed by atoms with Crippen molar-refractivity contribution in [2.75, 3.05) is 13.7 Å². The van der Waals surface area contributed by atoms with Crippen LogP contribution in [0.25, 0.3) is 0 Å².